The van der Waals surface area contributed by atoms with E-state index in [2.05, 4.69) is 19.1 Å². The van der Waals surface area contributed by atoms with Gasteiger partial charge in [-0.15, -0.1) is 0 Å². The first kappa shape index (κ1) is 18.9. The smallest absolute Gasteiger partial charge is 0.231 e. The molecule has 0 saturated carbocycles. The Morgan fingerprint density at radius 3 is 1.40 bits per heavy atom. The summed E-state index contributed by atoms with van der Waals surface area (Å²) in [5.74, 6) is 0. The maximum atomic E-state index is 8.35. The highest BCUT2D eigenvalue weighted by atomic mass is 31.0. The number of isocyanates is 2. The van der Waals surface area contributed by atoms with Crippen LogP contribution < -0.4 is 0 Å². The van der Waals surface area contributed by atoms with Gasteiger partial charge >= 0.3 is 0 Å². The molecule has 0 radical (unpaired) electrons. The van der Waals surface area contributed by atoms with Gasteiger partial charge in [0.1, 0.15) is 0 Å². The number of hydrogen-bond acceptors (Lipinski definition) is 5. The van der Waals surface area contributed by atoms with Crippen LogP contribution in [0.25, 0.3) is 0 Å². The van der Waals surface area contributed by atoms with Gasteiger partial charge in [0.25, 0.3) is 0 Å². The summed E-state index contributed by atoms with van der Waals surface area (Å²) in [6.45, 7) is 2.08. The topological polar surface area (TPSA) is 98.9 Å². The molecule has 0 fully saturated rings. The number of hydrogen-bond donors (Lipinski definition) is 2. The third-order valence-corrected chi connectivity index (χ3v) is 0.940. The summed E-state index contributed by atoms with van der Waals surface area (Å²) >= 11 is 0. The SMILES string of the molecule is Cc1ccccc1.N=C=O.N=C=O.O=[PH3]. The third-order valence-electron chi connectivity index (χ3n) is 0.940. The predicted octanol–water partition coefficient (Wildman–Crippen LogP) is 1.74. The number of carbonyl (C=O) groups excluding carboxylic acids is 2. The molecule has 1 rings (SSSR count). The van der Waals surface area contributed by atoms with E-state index < -0.39 is 0 Å². The van der Waals surface area contributed by atoms with Gasteiger partial charge in [-0.2, -0.15) is 0 Å². The second-order valence-electron chi connectivity index (χ2n) is 1.86. The van der Waals surface area contributed by atoms with Crippen LogP contribution in [0, 0.1) is 17.7 Å². The monoisotopic (exact) mass is 228 g/mol. The molecular formula is C9H13N2O3P. The van der Waals surface area contributed by atoms with E-state index in [4.69, 9.17) is 25.0 Å². The van der Waals surface area contributed by atoms with Crippen molar-refractivity contribution in [3.05, 3.63) is 35.9 Å². The van der Waals surface area contributed by atoms with Crippen LogP contribution in [0.2, 0.25) is 0 Å². The van der Waals surface area contributed by atoms with Crippen LogP contribution in [-0.4, -0.2) is 12.2 Å². The Morgan fingerprint density at radius 2 is 1.27 bits per heavy atom. The highest BCUT2D eigenvalue weighted by Crippen LogP contribution is 1.92. The zero-order valence-corrected chi connectivity index (χ0v) is 9.73. The molecule has 0 aliphatic heterocycles. The van der Waals surface area contributed by atoms with Crippen molar-refractivity contribution in [1.82, 2.24) is 0 Å². The molecule has 82 valence electrons. The number of rotatable bonds is 0. The highest BCUT2D eigenvalue weighted by molar-refractivity contribution is 7.00. The normalized spacial score (nSPS) is 5.67. The molecule has 6 heteroatoms. The van der Waals surface area contributed by atoms with Gasteiger partial charge in [-0.25, -0.2) is 20.4 Å². The summed E-state index contributed by atoms with van der Waals surface area (Å²) < 4.78 is 8.28. The van der Waals surface area contributed by atoms with E-state index in [-0.39, 0.29) is 0 Å². The number of nitrogens with one attached hydrogen (secondary N) is 2. The summed E-state index contributed by atoms with van der Waals surface area (Å²) in [6, 6.07) is 10.3. The molecule has 15 heavy (non-hydrogen) atoms. The molecule has 0 aromatic heterocycles. The van der Waals surface area contributed by atoms with Crippen molar-refractivity contribution < 1.29 is 14.2 Å². The minimum Gasteiger partial charge on any atom is -0.333 e. The van der Waals surface area contributed by atoms with E-state index in [1.54, 1.807) is 0 Å². The Hall–Kier alpha value is -1.79. The van der Waals surface area contributed by atoms with Crippen molar-refractivity contribution in [3.63, 3.8) is 0 Å². The molecule has 1 aromatic rings. The second kappa shape index (κ2) is 22.8. The van der Waals surface area contributed by atoms with Crippen molar-refractivity contribution in [1.29, 1.82) is 10.8 Å². The Kier molecular flexibility index (Phi) is 28.7. The first-order valence-corrected chi connectivity index (χ1v) is 4.18. The van der Waals surface area contributed by atoms with Gasteiger partial charge < -0.3 is 4.57 Å². The zero-order chi connectivity index (χ0) is 12.5. The molecule has 0 aliphatic rings. The van der Waals surface area contributed by atoms with Crippen molar-refractivity contribution in [2.45, 2.75) is 6.92 Å². The molecule has 0 bridgehead atoms. The Bertz CT molecular complexity index is 279. The van der Waals surface area contributed by atoms with Gasteiger partial charge in [-0.1, -0.05) is 35.9 Å². The maximum absolute atomic E-state index is 8.35. The van der Waals surface area contributed by atoms with Gasteiger partial charge in [-0.05, 0) is 6.92 Å². The molecule has 0 heterocycles. The summed E-state index contributed by atoms with van der Waals surface area (Å²) in [5.41, 5.74) is 1.32. The largest absolute Gasteiger partial charge is 0.333 e. The minimum absolute atomic E-state index is 0.611. The minimum atomic E-state index is 0.611. The van der Waals surface area contributed by atoms with Gasteiger partial charge in [-0.3, -0.25) is 0 Å². The molecular weight excluding hydrogens is 215 g/mol. The number of benzene rings is 1. The van der Waals surface area contributed by atoms with Gasteiger partial charge in [0, 0.05) is 0 Å². The van der Waals surface area contributed by atoms with Crippen LogP contribution in [-0.2, 0) is 14.2 Å². The van der Waals surface area contributed by atoms with E-state index in [0.717, 1.165) is 12.2 Å². The lowest BCUT2D eigenvalue weighted by molar-refractivity contribution is 0.562. The summed E-state index contributed by atoms with van der Waals surface area (Å²) in [6.07, 6.45) is 1.50. The molecule has 1 aromatic carbocycles. The van der Waals surface area contributed by atoms with E-state index in [1.807, 2.05) is 18.2 Å². The van der Waals surface area contributed by atoms with Crippen LogP contribution in [0.3, 0.4) is 0 Å². The Labute approximate surface area is 89.8 Å². The van der Waals surface area contributed by atoms with Gasteiger partial charge in [0.2, 0.25) is 12.2 Å². The fourth-order valence-corrected chi connectivity index (χ4v) is 0.534. The summed E-state index contributed by atoms with van der Waals surface area (Å²) in [7, 11) is 0.611. The Morgan fingerprint density at radius 1 is 1.00 bits per heavy atom. The zero-order valence-electron chi connectivity index (χ0n) is 8.32. The van der Waals surface area contributed by atoms with Crippen LogP contribution in [0.1, 0.15) is 5.56 Å². The number of aryl methyl sites for hydroxylation is 1. The first-order valence-electron chi connectivity index (χ1n) is 3.61. The molecule has 0 spiro atoms. The lowest BCUT2D eigenvalue weighted by Gasteiger charge is -1.82. The fourth-order valence-electron chi connectivity index (χ4n) is 0.534. The van der Waals surface area contributed by atoms with Crippen LogP contribution in [0.4, 0.5) is 0 Å². The molecule has 0 amide bonds. The summed E-state index contributed by atoms with van der Waals surface area (Å²) in [5, 5.41) is 10.8. The molecule has 5 nitrogen and oxygen atoms in total. The molecule has 2 N–H and O–H groups in total. The van der Waals surface area contributed by atoms with Gasteiger partial charge in [0.05, 0.1) is 9.12 Å². The standard InChI is InChI=1S/C7H8.2CHNO.H3OP/c1-7-5-3-2-4-6-7;2*2-1-3;1-2/h2-6H,1H3;2*2H;2H3. The second-order valence-corrected chi connectivity index (χ2v) is 1.86. The molecule has 1 unspecified atom stereocenters. The van der Waals surface area contributed by atoms with Crippen LogP contribution in [0.5, 0.6) is 0 Å². The quantitative estimate of drug-likeness (QED) is 0.402. The van der Waals surface area contributed by atoms with E-state index >= 15 is 0 Å². The van der Waals surface area contributed by atoms with Crippen LogP contribution >= 0.6 is 9.12 Å². The van der Waals surface area contributed by atoms with Crippen molar-refractivity contribution in [3.8, 4) is 0 Å². The molecule has 0 saturated heterocycles. The lowest BCUT2D eigenvalue weighted by atomic mass is 10.2. The van der Waals surface area contributed by atoms with E-state index in [0.29, 0.717) is 9.12 Å². The summed E-state index contributed by atoms with van der Waals surface area (Å²) in [4.78, 5) is 16.7. The average Bonchev–Trinajstić information content (AvgIpc) is 2.24. The average molecular weight is 228 g/mol. The van der Waals surface area contributed by atoms with Crippen molar-refractivity contribution >= 4 is 21.3 Å². The highest BCUT2D eigenvalue weighted by Gasteiger charge is 1.72. The predicted molar refractivity (Wildman–Crippen MR) is 59.8 cm³/mol. The molecule has 1 atom stereocenters. The fraction of sp³-hybridized carbons (Fsp3) is 0.111. The van der Waals surface area contributed by atoms with Gasteiger partial charge in [0.15, 0.2) is 0 Å². The van der Waals surface area contributed by atoms with Crippen molar-refractivity contribution in [2.24, 2.45) is 0 Å². The lowest BCUT2D eigenvalue weighted by Crippen LogP contribution is -1.62. The van der Waals surface area contributed by atoms with E-state index in [1.165, 1.54) is 5.56 Å². The molecule has 0 aliphatic carbocycles. The first-order chi connectivity index (χ1) is 7.22. The van der Waals surface area contributed by atoms with Crippen LogP contribution in [0.15, 0.2) is 30.3 Å². The van der Waals surface area contributed by atoms with E-state index in [9.17, 15) is 0 Å². The maximum Gasteiger partial charge on any atom is 0.231 e. The third kappa shape index (κ3) is 33.0. The Balaban J connectivity index is -0.000000154. The van der Waals surface area contributed by atoms with Crippen molar-refractivity contribution in [2.75, 3.05) is 0 Å².